The van der Waals surface area contributed by atoms with Gasteiger partial charge in [-0.05, 0) is 26.2 Å². The fourth-order valence-corrected chi connectivity index (χ4v) is 2.07. The molecule has 0 aromatic carbocycles. The molecule has 2 rings (SSSR count). The number of nitrogens with zero attached hydrogens (tertiary/aromatic N) is 2. The SMILES string of the molecule is CCn1cnc(C2(O)CCC(N)C2)c1. The Kier molecular flexibility index (Phi) is 2.33. The van der Waals surface area contributed by atoms with E-state index in [9.17, 15) is 5.11 Å². The minimum Gasteiger partial charge on any atom is -0.383 e. The lowest BCUT2D eigenvalue weighted by Crippen LogP contribution is -2.25. The van der Waals surface area contributed by atoms with E-state index in [-0.39, 0.29) is 6.04 Å². The second kappa shape index (κ2) is 3.37. The van der Waals surface area contributed by atoms with Crippen molar-refractivity contribution in [3.63, 3.8) is 0 Å². The first-order valence-electron chi connectivity index (χ1n) is 5.14. The van der Waals surface area contributed by atoms with E-state index < -0.39 is 5.60 Å². The molecule has 2 unspecified atom stereocenters. The van der Waals surface area contributed by atoms with Crippen LogP contribution in [0.1, 0.15) is 31.9 Å². The van der Waals surface area contributed by atoms with Gasteiger partial charge in [-0.2, -0.15) is 0 Å². The van der Waals surface area contributed by atoms with Crippen LogP contribution >= 0.6 is 0 Å². The molecule has 1 aromatic rings. The molecule has 14 heavy (non-hydrogen) atoms. The molecule has 0 aliphatic heterocycles. The molecule has 3 N–H and O–H groups in total. The third kappa shape index (κ3) is 1.55. The summed E-state index contributed by atoms with van der Waals surface area (Å²) < 4.78 is 1.97. The van der Waals surface area contributed by atoms with Crippen LogP contribution in [0.25, 0.3) is 0 Å². The number of imidazole rings is 1. The van der Waals surface area contributed by atoms with E-state index in [0.29, 0.717) is 6.42 Å². The van der Waals surface area contributed by atoms with Crippen LogP contribution in [0.2, 0.25) is 0 Å². The largest absolute Gasteiger partial charge is 0.383 e. The van der Waals surface area contributed by atoms with Gasteiger partial charge in [-0.1, -0.05) is 0 Å². The van der Waals surface area contributed by atoms with Gasteiger partial charge < -0.3 is 15.4 Å². The summed E-state index contributed by atoms with van der Waals surface area (Å²) in [7, 11) is 0. The molecule has 1 saturated carbocycles. The van der Waals surface area contributed by atoms with Crippen molar-refractivity contribution >= 4 is 0 Å². The number of hydrogen-bond donors (Lipinski definition) is 2. The summed E-state index contributed by atoms with van der Waals surface area (Å²) in [5.41, 5.74) is 5.79. The summed E-state index contributed by atoms with van der Waals surface area (Å²) in [6.45, 7) is 2.94. The highest BCUT2D eigenvalue weighted by Gasteiger charge is 2.38. The summed E-state index contributed by atoms with van der Waals surface area (Å²) in [5, 5.41) is 10.3. The molecule has 0 bridgehead atoms. The van der Waals surface area contributed by atoms with Gasteiger partial charge in [-0.15, -0.1) is 0 Å². The minimum atomic E-state index is -0.778. The first kappa shape index (κ1) is 9.68. The summed E-state index contributed by atoms with van der Waals surface area (Å²) in [6.07, 6.45) is 5.92. The molecule has 1 heterocycles. The fourth-order valence-electron chi connectivity index (χ4n) is 2.07. The van der Waals surface area contributed by atoms with Crippen LogP contribution in [0, 0.1) is 0 Å². The average Bonchev–Trinajstić information content (AvgIpc) is 2.73. The van der Waals surface area contributed by atoms with Crippen LogP contribution < -0.4 is 5.73 Å². The first-order valence-corrected chi connectivity index (χ1v) is 5.14. The van der Waals surface area contributed by atoms with Crippen LogP contribution in [0.5, 0.6) is 0 Å². The van der Waals surface area contributed by atoms with Crippen LogP contribution in [-0.2, 0) is 12.1 Å². The molecule has 0 spiro atoms. The highest BCUT2D eigenvalue weighted by molar-refractivity contribution is 5.12. The lowest BCUT2D eigenvalue weighted by molar-refractivity contribution is 0.0389. The van der Waals surface area contributed by atoms with Gasteiger partial charge in [0, 0.05) is 18.8 Å². The predicted octanol–water partition coefficient (Wildman–Crippen LogP) is 0.602. The number of aliphatic hydroxyl groups is 1. The Bertz CT molecular complexity index is 323. The molecule has 0 radical (unpaired) electrons. The lowest BCUT2D eigenvalue weighted by atomic mass is 9.98. The third-order valence-electron chi connectivity index (χ3n) is 3.00. The van der Waals surface area contributed by atoms with Crippen LogP contribution in [0.4, 0.5) is 0 Å². The van der Waals surface area contributed by atoms with Crippen molar-refractivity contribution in [2.24, 2.45) is 5.73 Å². The molecule has 4 heteroatoms. The van der Waals surface area contributed by atoms with Crippen molar-refractivity contribution in [2.75, 3.05) is 0 Å². The number of rotatable bonds is 2. The Hall–Kier alpha value is -0.870. The molecule has 1 fully saturated rings. The van der Waals surface area contributed by atoms with E-state index in [4.69, 9.17) is 5.73 Å². The summed E-state index contributed by atoms with van der Waals surface area (Å²) in [5.74, 6) is 0. The molecule has 1 aliphatic rings. The Labute approximate surface area is 83.8 Å². The zero-order chi connectivity index (χ0) is 10.2. The Morgan fingerprint density at radius 3 is 3.07 bits per heavy atom. The quantitative estimate of drug-likeness (QED) is 0.726. The molecule has 0 saturated heterocycles. The van der Waals surface area contributed by atoms with Gasteiger partial charge in [0.05, 0.1) is 12.0 Å². The average molecular weight is 195 g/mol. The molecule has 2 atom stereocenters. The minimum absolute atomic E-state index is 0.117. The van der Waals surface area contributed by atoms with E-state index in [2.05, 4.69) is 11.9 Å². The van der Waals surface area contributed by atoms with Gasteiger partial charge in [-0.3, -0.25) is 0 Å². The van der Waals surface area contributed by atoms with Crippen LogP contribution in [0.15, 0.2) is 12.5 Å². The Morgan fingerprint density at radius 2 is 2.57 bits per heavy atom. The number of hydrogen-bond acceptors (Lipinski definition) is 3. The maximum absolute atomic E-state index is 10.3. The highest BCUT2D eigenvalue weighted by Crippen LogP contribution is 2.36. The first-order chi connectivity index (χ1) is 6.64. The van der Waals surface area contributed by atoms with Gasteiger partial charge >= 0.3 is 0 Å². The summed E-state index contributed by atoms with van der Waals surface area (Å²) in [6, 6.07) is 0.117. The third-order valence-corrected chi connectivity index (χ3v) is 3.00. The van der Waals surface area contributed by atoms with Crippen LogP contribution in [-0.4, -0.2) is 20.7 Å². The number of aryl methyl sites for hydroxylation is 1. The maximum Gasteiger partial charge on any atom is 0.110 e. The summed E-state index contributed by atoms with van der Waals surface area (Å²) >= 11 is 0. The predicted molar refractivity (Wildman–Crippen MR) is 53.6 cm³/mol. The highest BCUT2D eigenvalue weighted by atomic mass is 16.3. The number of nitrogens with two attached hydrogens (primary N) is 1. The van der Waals surface area contributed by atoms with E-state index in [1.807, 2.05) is 10.8 Å². The zero-order valence-electron chi connectivity index (χ0n) is 8.48. The van der Waals surface area contributed by atoms with E-state index in [1.165, 1.54) is 0 Å². The van der Waals surface area contributed by atoms with Crippen molar-refractivity contribution in [3.8, 4) is 0 Å². The Balaban J connectivity index is 2.21. The normalized spacial score (nSPS) is 32.4. The molecule has 1 aliphatic carbocycles. The maximum atomic E-state index is 10.3. The standard InChI is InChI=1S/C10H17N3O/c1-2-13-6-9(12-7-13)10(14)4-3-8(11)5-10/h6-8,14H,2-5,11H2,1H3. The van der Waals surface area contributed by atoms with Gasteiger partial charge in [0.1, 0.15) is 5.60 Å². The Morgan fingerprint density at radius 1 is 1.79 bits per heavy atom. The monoisotopic (exact) mass is 195 g/mol. The zero-order valence-corrected chi connectivity index (χ0v) is 8.48. The van der Waals surface area contributed by atoms with Gasteiger partial charge in [-0.25, -0.2) is 4.98 Å². The molecule has 78 valence electrons. The molecule has 4 nitrogen and oxygen atoms in total. The van der Waals surface area contributed by atoms with Crippen molar-refractivity contribution in [1.29, 1.82) is 0 Å². The molecule has 0 amide bonds. The van der Waals surface area contributed by atoms with E-state index in [0.717, 1.165) is 25.1 Å². The number of aromatic nitrogens is 2. The van der Waals surface area contributed by atoms with Crippen molar-refractivity contribution in [2.45, 2.75) is 44.4 Å². The summed E-state index contributed by atoms with van der Waals surface area (Å²) in [4.78, 5) is 4.23. The molecular weight excluding hydrogens is 178 g/mol. The topological polar surface area (TPSA) is 64.1 Å². The fraction of sp³-hybridized carbons (Fsp3) is 0.700. The van der Waals surface area contributed by atoms with Gasteiger partial charge in [0.2, 0.25) is 0 Å². The lowest BCUT2D eigenvalue weighted by Gasteiger charge is -2.19. The van der Waals surface area contributed by atoms with Gasteiger partial charge in [0.25, 0.3) is 0 Å². The van der Waals surface area contributed by atoms with Crippen molar-refractivity contribution in [3.05, 3.63) is 18.2 Å². The second-order valence-electron chi connectivity index (χ2n) is 4.12. The van der Waals surface area contributed by atoms with Crippen molar-refractivity contribution < 1.29 is 5.11 Å². The molecule has 1 aromatic heterocycles. The van der Waals surface area contributed by atoms with Crippen LogP contribution in [0.3, 0.4) is 0 Å². The van der Waals surface area contributed by atoms with Crippen molar-refractivity contribution in [1.82, 2.24) is 9.55 Å². The van der Waals surface area contributed by atoms with E-state index >= 15 is 0 Å². The van der Waals surface area contributed by atoms with Gasteiger partial charge in [0.15, 0.2) is 0 Å². The molecular formula is C10H17N3O. The second-order valence-corrected chi connectivity index (χ2v) is 4.12. The smallest absolute Gasteiger partial charge is 0.110 e. The van der Waals surface area contributed by atoms with E-state index in [1.54, 1.807) is 6.33 Å².